The lowest BCUT2D eigenvalue weighted by molar-refractivity contribution is -0.384. The second kappa shape index (κ2) is 10.1. The first-order chi connectivity index (χ1) is 18.3. The van der Waals surface area contributed by atoms with Crippen molar-refractivity contribution in [2.75, 3.05) is 6.61 Å². The third-order valence-corrected chi connectivity index (χ3v) is 7.13. The molecule has 0 amide bonds. The molecular formula is C28H23N3O6S. The van der Waals surface area contributed by atoms with Gasteiger partial charge < -0.3 is 9.15 Å². The van der Waals surface area contributed by atoms with E-state index in [1.165, 1.54) is 28.0 Å². The first-order valence-corrected chi connectivity index (χ1v) is 12.7. The van der Waals surface area contributed by atoms with Gasteiger partial charge in [0.2, 0.25) is 0 Å². The van der Waals surface area contributed by atoms with E-state index in [1.54, 1.807) is 44.2 Å². The first-order valence-electron chi connectivity index (χ1n) is 11.9. The summed E-state index contributed by atoms with van der Waals surface area (Å²) in [5.74, 6) is 0.330. The number of aryl methyl sites for hydroxylation is 1. The summed E-state index contributed by atoms with van der Waals surface area (Å²) in [7, 11) is 0. The molecule has 0 saturated heterocycles. The molecule has 0 unspecified atom stereocenters. The number of thiazole rings is 1. The Morgan fingerprint density at radius 3 is 2.66 bits per heavy atom. The fourth-order valence-electron chi connectivity index (χ4n) is 4.34. The third-order valence-electron chi connectivity index (χ3n) is 6.15. The van der Waals surface area contributed by atoms with Gasteiger partial charge in [-0.1, -0.05) is 53.3 Å². The van der Waals surface area contributed by atoms with Gasteiger partial charge in [0.1, 0.15) is 11.5 Å². The summed E-state index contributed by atoms with van der Waals surface area (Å²) in [5, 5.41) is 11.1. The number of fused-ring (bicyclic) bond motifs is 1. The molecular weight excluding hydrogens is 506 g/mol. The lowest BCUT2D eigenvalue weighted by atomic mass is 9.95. The van der Waals surface area contributed by atoms with E-state index >= 15 is 0 Å². The second-order valence-electron chi connectivity index (χ2n) is 8.72. The van der Waals surface area contributed by atoms with E-state index in [0.717, 1.165) is 11.1 Å². The van der Waals surface area contributed by atoms with Gasteiger partial charge >= 0.3 is 5.97 Å². The second-order valence-corrected chi connectivity index (χ2v) is 9.73. The summed E-state index contributed by atoms with van der Waals surface area (Å²) >= 11 is 1.19. The van der Waals surface area contributed by atoms with Crippen molar-refractivity contribution >= 4 is 29.1 Å². The van der Waals surface area contributed by atoms with Gasteiger partial charge in [-0.3, -0.25) is 19.5 Å². The van der Waals surface area contributed by atoms with E-state index in [0.29, 0.717) is 37.7 Å². The molecule has 3 heterocycles. The Balaban J connectivity index is 1.61. The number of hydrogen-bond donors (Lipinski definition) is 0. The van der Waals surface area contributed by atoms with Crippen molar-refractivity contribution in [3.8, 4) is 11.3 Å². The number of benzene rings is 2. The Morgan fingerprint density at radius 2 is 1.95 bits per heavy atom. The molecule has 1 atom stereocenters. The fourth-order valence-corrected chi connectivity index (χ4v) is 5.37. The van der Waals surface area contributed by atoms with E-state index in [1.807, 2.05) is 31.2 Å². The van der Waals surface area contributed by atoms with Crippen LogP contribution in [0.2, 0.25) is 0 Å². The van der Waals surface area contributed by atoms with Crippen molar-refractivity contribution in [3.05, 3.63) is 119 Å². The standard InChI is InChI=1S/C28H23N3O6S/c1-4-36-27(33)24-17(3)29-28-30(25(24)18-10-8-16(2)9-11-18)26(32)23(38-28)15-21-12-13-22(37-21)19-6-5-7-20(14-19)31(34)35/h5-15,25H,4H2,1-3H3/b23-15-/t25-/m1/s1. The normalized spacial score (nSPS) is 15.2. The molecule has 2 aromatic heterocycles. The predicted octanol–water partition coefficient (Wildman–Crippen LogP) is 4.27. The third kappa shape index (κ3) is 4.61. The summed E-state index contributed by atoms with van der Waals surface area (Å²) < 4.78 is 13.1. The quantitative estimate of drug-likeness (QED) is 0.209. The molecule has 0 aliphatic carbocycles. The number of non-ortho nitro benzene ring substituents is 1. The summed E-state index contributed by atoms with van der Waals surface area (Å²) in [6, 6.07) is 16.5. The molecule has 1 aliphatic rings. The number of aromatic nitrogens is 1. The van der Waals surface area contributed by atoms with Crippen LogP contribution in [0, 0.1) is 17.0 Å². The zero-order valence-corrected chi connectivity index (χ0v) is 21.7. The van der Waals surface area contributed by atoms with Crippen molar-refractivity contribution in [1.82, 2.24) is 4.57 Å². The van der Waals surface area contributed by atoms with Gasteiger partial charge in [-0.25, -0.2) is 9.79 Å². The molecule has 10 heteroatoms. The van der Waals surface area contributed by atoms with Crippen LogP contribution >= 0.6 is 11.3 Å². The van der Waals surface area contributed by atoms with Crippen molar-refractivity contribution in [2.24, 2.45) is 4.99 Å². The smallest absolute Gasteiger partial charge is 0.338 e. The maximum atomic E-state index is 13.7. The lowest BCUT2D eigenvalue weighted by Gasteiger charge is -2.24. The molecule has 0 spiro atoms. The Bertz CT molecular complexity index is 1780. The number of hydrogen-bond acceptors (Lipinski definition) is 8. The van der Waals surface area contributed by atoms with E-state index < -0.39 is 16.9 Å². The van der Waals surface area contributed by atoms with Crippen LogP contribution in [-0.2, 0) is 9.53 Å². The maximum Gasteiger partial charge on any atom is 0.338 e. The number of allylic oxidation sites excluding steroid dienone is 1. The Kier molecular flexibility index (Phi) is 6.64. The largest absolute Gasteiger partial charge is 0.463 e. The van der Waals surface area contributed by atoms with E-state index in [9.17, 15) is 19.7 Å². The number of furan rings is 1. The van der Waals surface area contributed by atoms with Crippen molar-refractivity contribution < 1.29 is 18.9 Å². The monoisotopic (exact) mass is 529 g/mol. The van der Waals surface area contributed by atoms with Crippen LogP contribution in [0.4, 0.5) is 5.69 Å². The number of rotatable bonds is 6. The van der Waals surface area contributed by atoms with Crippen LogP contribution in [0.3, 0.4) is 0 Å². The van der Waals surface area contributed by atoms with Crippen LogP contribution in [0.5, 0.6) is 0 Å². The highest BCUT2D eigenvalue weighted by Gasteiger charge is 2.33. The molecule has 0 bridgehead atoms. The number of esters is 1. The minimum atomic E-state index is -0.690. The number of nitro benzene ring substituents is 1. The molecule has 192 valence electrons. The zero-order valence-electron chi connectivity index (χ0n) is 20.8. The average Bonchev–Trinajstić information content (AvgIpc) is 3.48. The lowest BCUT2D eigenvalue weighted by Crippen LogP contribution is -2.39. The number of carbonyl (C=O) groups is 1. The van der Waals surface area contributed by atoms with Crippen molar-refractivity contribution in [2.45, 2.75) is 26.8 Å². The average molecular weight is 530 g/mol. The molecule has 0 radical (unpaired) electrons. The van der Waals surface area contributed by atoms with Gasteiger partial charge in [-0.2, -0.15) is 0 Å². The number of nitro groups is 1. The predicted molar refractivity (Wildman–Crippen MR) is 142 cm³/mol. The molecule has 2 aromatic carbocycles. The highest BCUT2D eigenvalue weighted by Crippen LogP contribution is 2.31. The Hall–Kier alpha value is -4.57. The SMILES string of the molecule is CCOC(=O)C1=C(C)N=c2s/c(=C\c3ccc(-c4cccc([N+](=O)[O-])c4)o3)c(=O)n2[C@@H]1c1ccc(C)cc1. The summed E-state index contributed by atoms with van der Waals surface area (Å²) in [5.41, 5.74) is 2.82. The van der Waals surface area contributed by atoms with Crippen molar-refractivity contribution in [1.29, 1.82) is 0 Å². The van der Waals surface area contributed by atoms with Gasteiger partial charge in [0, 0.05) is 23.8 Å². The van der Waals surface area contributed by atoms with Crippen LogP contribution < -0.4 is 14.9 Å². The van der Waals surface area contributed by atoms with Gasteiger partial charge in [-0.05, 0) is 38.5 Å². The Morgan fingerprint density at radius 1 is 1.18 bits per heavy atom. The fraction of sp³-hybridized carbons (Fsp3) is 0.179. The molecule has 9 nitrogen and oxygen atoms in total. The molecule has 0 saturated carbocycles. The van der Waals surface area contributed by atoms with Gasteiger partial charge in [-0.15, -0.1) is 0 Å². The van der Waals surface area contributed by atoms with Crippen LogP contribution in [0.25, 0.3) is 17.4 Å². The summed E-state index contributed by atoms with van der Waals surface area (Å²) in [6.07, 6.45) is 1.61. The van der Waals surface area contributed by atoms with Gasteiger partial charge in [0.15, 0.2) is 4.80 Å². The number of ether oxygens (including phenoxy) is 1. The minimum absolute atomic E-state index is 0.0439. The van der Waals surface area contributed by atoms with Crippen LogP contribution in [0.1, 0.15) is 36.8 Å². The van der Waals surface area contributed by atoms with Crippen LogP contribution in [-0.4, -0.2) is 22.1 Å². The molecule has 0 N–H and O–H groups in total. The molecule has 0 fully saturated rings. The minimum Gasteiger partial charge on any atom is -0.463 e. The van der Waals surface area contributed by atoms with E-state index in [2.05, 4.69) is 4.99 Å². The molecule has 4 aromatic rings. The van der Waals surface area contributed by atoms with Crippen molar-refractivity contribution in [3.63, 3.8) is 0 Å². The number of carbonyl (C=O) groups excluding carboxylic acids is 1. The first kappa shape index (κ1) is 25.1. The van der Waals surface area contributed by atoms with E-state index in [4.69, 9.17) is 9.15 Å². The molecule has 38 heavy (non-hydrogen) atoms. The number of nitrogens with zero attached hydrogens (tertiary/aromatic N) is 3. The van der Waals surface area contributed by atoms with Gasteiger partial charge in [0.05, 0.1) is 33.4 Å². The van der Waals surface area contributed by atoms with E-state index in [-0.39, 0.29) is 17.9 Å². The topological polar surface area (TPSA) is 117 Å². The zero-order chi connectivity index (χ0) is 27.0. The van der Waals surface area contributed by atoms with Gasteiger partial charge in [0.25, 0.3) is 11.2 Å². The Labute approximate surface area is 220 Å². The highest BCUT2D eigenvalue weighted by molar-refractivity contribution is 7.07. The summed E-state index contributed by atoms with van der Waals surface area (Å²) in [6.45, 7) is 5.64. The summed E-state index contributed by atoms with van der Waals surface area (Å²) in [4.78, 5) is 42.3. The van der Waals surface area contributed by atoms with Crippen LogP contribution in [0.15, 0.2) is 86.1 Å². The highest BCUT2D eigenvalue weighted by atomic mass is 32.1. The maximum absolute atomic E-state index is 13.7. The molecule has 1 aliphatic heterocycles. The molecule has 5 rings (SSSR count).